The Morgan fingerprint density at radius 2 is 1.22 bits per heavy atom. The minimum Gasteiger partial charge on any atom is -0.192 e. The zero-order valence-corrected chi connectivity index (χ0v) is 17.1. The Morgan fingerprint density at radius 3 is 1.59 bits per heavy atom. The van der Waals surface area contributed by atoms with Gasteiger partial charge in [-0.05, 0) is 63.2 Å². The molecule has 0 aliphatic heterocycles. The molecule has 0 saturated heterocycles. The summed E-state index contributed by atoms with van der Waals surface area (Å²) in [5.41, 5.74) is -10.1. The van der Waals surface area contributed by atoms with Crippen LogP contribution in [0.25, 0.3) is 21.8 Å². The molecule has 0 unspecified atom stereocenters. The third kappa shape index (κ3) is 4.48. The molecule has 1 aromatic carbocycles. The third-order valence-corrected chi connectivity index (χ3v) is 6.34. The number of halogens is 6. The number of hydrogen-bond donors (Lipinski definition) is 0. The highest BCUT2D eigenvalue weighted by atomic mass is 32.2. The zero-order chi connectivity index (χ0) is 23.8. The average molecular weight is 480 g/mol. The predicted octanol–water partition coefficient (Wildman–Crippen LogP) is 4.98. The van der Waals surface area contributed by atoms with Gasteiger partial charge in [0.25, 0.3) is 0 Å². The summed E-state index contributed by atoms with van der Waals surface area (Å²) in [6, 6.07) is 3.21. The summed E-state index contributed by atoms with van der Waals surface area (Å²) in [7, 11) is 0. The Labute approximate surface area is 185 Å². The van der Waals surface area contributed by atoms with E-state index in [0.29, 0.717) is 0 Å². The summed E-state index contributed by atoms with van der Waals surface area (Å²) >= 11 is -1.02. The van der Waals surface area contributed by atoms with E-state index in [0.717, 1.165) is 12.2 Å². The molecule has 0 spiro atoms. The van der Waals surface area contributed by atoms with E-state index in [1.165, 1.54) is 0 Å². The van der Waals surface area contributed by atoms with Crippen LogP contribution >= 0.6 is 23.5 Å². The van der Waals surface area contributed by atoms with Gasteiger partial charge in [-0.1, -0.05) is 6.08 Å². The minimum atomic E-state index is -4.78. The molecular formula is C20H6F6N4S2. The molecule has 0 saturated carbocycles. The van der Waals surface area contributed by atoms with Crippen molar-refractivity contribution in [3.63, 3.8) is 0 Å². The van der Waals surface area contributed by atoms with Crippen LogP contribution in [0.3, 0.4) is 0 Å². The fraction of sp³-hybridized carbons (Fsp3) is 0.200. The first-order valence-electron chi connectivity index (χ1n) is 8.36. The van der Waals surface area contributed by atoms with Crippen LogP contribution in [0.1, 0.15) is 11.1 Å². The molecule has 0 aromatic heterocycles. The third-order valence-electron chi connectivity index (χ3n) is 4.54. The van der Waals surface area contributed by atoms with Crippen LogP contribution < -0.4 is 10.4 Å². The van der Waals surface area contributed by atoms with Gasteiger partial charge in [-0.15, -0.1) is 0 Å². The van der Waals surface area contributed by atoms with Gasteiger partial charge in [-0.3, -0.25) is 0 Å². The molecule has 0 amide bonds. The van der Waals surface area contributed by atoms with Crippen molar-refractivity contribution < 1.29 is 26.3 Å². The quantitative estimate of drug-likeness (QED) is 0.259. The van der Waals surface area contributed by atoms with Crippen molar-refractivity contribution in [2.24, 2.45) is 0 Å². The number of nitrogens with zero attached hydrogens (tertiary/aromatic N) is 4. The molecule has 12 heteroatoms. The van der Waals surface area contributed by atoms with Crippen molar-refractivity contribution in [1.82, 2.24) is 0 Å². The van der Waals surface area contributed by atoms with E-state index < -0.39 is 45.9 Å². The molecule has 32 heavy (non-hydrogen) atoms. The SMILES string of the molecule is [C-]#[N+]C([N+]#[C-])=C1C=c2c(c(SC(F)(F)F)c3c(c2SC(F)(F)F)CC(=C(C#N)C#N)C=3)C1. The fourth-order valence-electron chi connectivity index (χ4n) is 3.44. The van der Waals surface area contributed by atoms with Gasteiger partial charge in [0.1, 0.15) is 30.9 Å². The van der Waals surface area contributed by atoms with Crippen LogP contribution in [0.2, 0.25) is 0 Å². The first-order chi connectivity index (χ1) is 14.9. The molecule has 2 aliphatic carbocycles. The van der Waals surface area contributed by atoms with Crippen molar-refractivity contribution in [1.29, 1.82) is 10.5 Å². The van der Waals surface area contributed by atoms with Crippen LogP contribution in [0, 0.1) is 35.8 Å². The summed E-state index contributed by atoms with van der Waals surface area (Å²) in [5, 5.41) is 17.9. The lowest BCUT2D eigenvalue weighted by atomic mass is 10.0. The Balaban J connectivity index is 2.47. The Morgan fingerprint density at radius 1 is 0.812 bits per heavy atom. The van der Waals surface area contributed by atoms with Gasteiger partial charge >= 0.3 is 16.8 Å². The van der Waals surface area contributed by atoms with E-state index in [1.807, 2.05) is 0 Å². The molecule has 0 N–H and O–H groups in total. The summed E-state index contributed by atoms with van der Waals surface area (Å²) in [5.74, 6) is -0.437. The lowest BCUT2D eigenvalue weighted by Gasteiger charge is -2.16. The van der Waals surface area contributed by atoms with Crippen molar-refractivity contribution >= 4 is 35.7 Å². The number of fused-ring (bicyclic) bond motifs is 2. The fourth-order valence-corrected chi connectivity index (χ4v) is 5.10. The van der Waals surface area contributed by atoms with Gasteiger partial charge in [0.2, 0.25) is 0 Å². The molecule has 0 fully saturated rings. The Bertz CT molecular complexity index is 1250. The van der Waals surface area contributed by atoms with Gasteiger partial charge in [0, 0.05) is 16.2 Å². The number of benzene rings is 1. The molecule has 0 atom stereocenters. The maximum Gasteiger partial charge on any atom is 0.522 e. The minimum absolute atomic E-state index is 0.0282. The second-order valence-corrected chi connectivity index (χ2v) is 8.53. The second kappa shape index (κ2) is 8.31. The smallest absolute Gasteiger partial charge is 0.192 e. The second-order valence-electron chi connectivity index (χ2n) is 6.38. The summed E-state index contributed by atoms with van der Waals surface area (Å²) in [4.78, 5) is 5.31. The van der Waals surface area contributed by atoms with E-state index >= 15 is 0 Å². The van der Waals surface area contributed by atoms with Crippen LogP contribution in [0.15, 0.2) is 32.3 Å². The largest absolute Gasteiger partial charge is 0.522 e. The van der Waals surface area contributed by atoms with Crippen molar-refractivity contribution in [2.75, 3.05) is 0 Å². The van der Waals surface area contributed by atoms with Crippen LogP contribution in [-0.2, 0) is 12.8 Å². The molecule has 2 aliphatic rings. The zero-order valence-electron chi connectivity index (χ0n) is 15.4. The first kappa shape index (κ1) is 23.3. The summed E-state index contributed by atoms with van der Waals surface area (Å²) in [6.07, 6.45) is 1.64. The number of alkyl halides is 6. The van der Waals surface area contributed by atoms with E-state index in [4.69, 9.17) is 23.7 Å². The summed E-state index contributed by atoms with van der Waals surface area (Å²) < 4.78 is 80.1. The molecule has 1 aromatic rings. The maximum absolute atomic E-state index is 13.4. The van der Waals surface area contributed by atoms with Gasteiger partial charge in [-0.25, -0.2) is 0 Å². The molecule has 0 heterocycles. The molecule has 4 nitrogen and oxygen atoms in total. The van der Waals surface area contributed by atoms with E-state index in [-0.39, 0.29) is 55.3 Å². The summed E-state index contributed by atoms with van der Waals surface area (Å²) in [6.45, 7) is 14.1. The van der Waals surface area contributed by atoms with Crippen molar-refractivity contribution in [3.05, 3.63) is 66.9 Å². The lowest BCUT2D eigenvalue weighted by molar-refractivity contribution is -0.0339. The topological polar surface area (TPSA) is 56.3 Å². The number of hydrogen-bond acceptors (Lipinski definition) is 4. The standard InChI is InChI=1S/C20H6F6N4S2/c1-29-18(30-2)10-5-14-15(6-10)17(32-20(24,25)26)13-4-9(11(7-27)8-28)3-12(13)16(14)31-19(21,22)23/h3,6H,4-5H2. The molecular weight excluding hydrogens is 474 g/mol. The predicted molar refractivity (Wildman–Crippen MR) is 104 cm³/mol. The van der Waals surface area contributed by atoms with Gasteiger partial charge in [0.15, 0.2) is 0 Å². The van der Waals surface area contributed by atoms with Gasteiger partial charge in [-0.2, -0.15) is 46.6 Å². The lowest BCUT2D eigenvalue weighted by Crippen LogP contribution is -2.25. The monoisotopic (exact) mass is 480 g/mol. The van der Waals surface area contributed by atoms with Crippen LogP contribution in [0.5, 0.6) is 0 Å². The van der Waals surface area contributed by atoms with Gasteiger partial charge in [0.05, 0.1) is 5.57 Å². The normalized spacial score (nSPS) is 14.2. The molecule has 0 bridgehead atoms. The molecule has 0 radical (unpaired) electrons. The first-order valence-corrected chi connectivity index (χ1v) is 9.99. The van der Waals surface area contributed by atoms with Crippen LogP contribution in [0.4, 0.5) is 26.3 Å². The highest BCUT2D eigenvalue weighted by molar-refractivity contribution is 8.00. The van der Waals surface area contributed by atoms with E-state index in [9.17, 15) is 26.3 Å². The number of thioether (sulfide) groups is 2. The van der Waals surface area contributed by atoms with Crippen LogP contribution in [-0.4, -0.2) is 11.0 Å². The highest BCUT2D eigenvalue weighted by Crippen LogP contribution is 2.43. The van der Waals surface area contributed by atoms with Gasteiger partial charge < -0.3 is 0 Å². The molecule has 3 rings (SSSR count). The van der Waals surface area contributed by atoms with E-state index in [2.05, 4.69) is 9.69 Å². The maximum atomic E-state index is 13.4. The van der Waals surface area contributed by atoms with Crippen molar-refractivity contribution in [3.8, 4) is 12.1 Å². The van der Waals surface area contributed by atoms with E-state index in [1.54, 1.807) is 12.1 Å². The number of allylic oxidation sites excluding steroid dienone is 3. The number of nitriles is 2. The highest BCUT2D eigenvalue weighted by Gasteiger charge is 2.38. The Hall–Kier alpha value is -3.32. The Kier molecular flexibility index (Phi) is 6.07. The van der Waals surface area contributed by atoms with Crippen molar-refractivity contribution in [2.45, 2.75) is 33.6 Å². The average Bonchev–Trinajstić information content (AvgIpc) is 3.30. The number of rotatable bonds is 2. The molecule has 160 valence electrons.